The second-order valence-corrected chi connectivity index (χ2v) is 4.55. The van der Waals surface area contributed by atoms with E-state index < -0.39 is 18.8 Å². The molecule has 0 unspecified atom stereocenters. The number of benzene rings is 1. The van der Waals surface area contributed by atoms with E-state index >= 15 is 0 Å². The minimum Gasteiger partial charge on any atom is -0.480 e. The van der Waals surface area contributed by atoms with Crippen molar-refractivity contribution in [1.29, 1.82) is 0 Å². The molecule has 0 saturated carbocycles. The summed E-state index contributed by atoms with van der Waals surface area (Å²) >= 11 is 0. The van der Waals surface area contributed by atoms with Gasteiger partial charge in [-0.1, -0.05) is 12.1 Å². The zero-order valence-electron chi connectivity index (χ0n) is 12.1. The molecule has 0 saturated heterocycles. The summed E-state index contributed by atoms with van der Waals surface area (Å²) in [5.41, 5.74) is 0.686. The number of carbonyl (C=O) groups is 1. The van der Waals surface area contributed by atoms with Crippen LogP contribution in [0.2, 0.25) is 0 Å². The molecule has 0 atom stereocenters. The van der Waals surface area contributed by atoms with Gasteiger partial charge in [0, 0.05) is 24.9 Å². The maximum absolute atomic E-state index is 12.2. The second kappa shape index (κ2) is 6.99. The Bertz CT molecular complexity index is 708. The Morgan fingerprint density at radius 2 is 2.00 bits per heavy atom. The highest BCUT2D eigenvalue weighted by Crippen LogP contribution is 2.28. The highest BCUT2D eigenvalue weighted by molar-refractivity contribution is 5.88. The number of rotatable bonds is 5. The van der Waals surface area contributed by atoms with Gasteiger partial charge in [-0.3, -0.25) is 4.68 Å². The number of halogens is 3. The van der Waals surface area contributed by atoms with E-state index in [1.807, 2.05) is 0 Å². The maximum Gasteiger partial charge on any atom is 0.422 e. The normalized spacial score (nSPS) is 11.7. The first-order valence-corrected chi connectivity index (χ1v) is 6.50. The number of esters is 1. The van der Waals surface area contributed by atoms with Crippen molar-refractivity contribution in [3.63, 3.8) is 0 Å². The van der Waals surface area contributed by atoms with Crippen LogP contribution in [0.25, 0.3) is 6.08 Å². The molecule has 0 bridgehead atoms. The first-order valence-electron chi connectivity index (χ1n) is 6.50. The number of aromatic nitrogens is 2. The van der Waals surface area contributed by atoms with Crippen LogP contribution in [-0.2, 0) is 11.8 Å². The van der Waals surface area contributed by atoms with E-state index in [2.05, 4.69) is 9.84 Å². The fourth-order valence-corrected chi connectivity index (χ4v) is 1.65. The Balaban J connectivity index is 2.01. The van der Waals surface area contributed by atoms with Crippen LogP contribution in [0.4, 0.5) is 13.2 Å². The van der Waals surface area contributed by atoms with Gasteiger partial charge in [-0.25, -0.2) is 4.79 Å². The number of alkyl halides is 3. The van der Waals surface area contributed by atoms with Crippen LogP contribution in [0, 0.1) is 0 Å². The predicted molar refractivity (Wildman–Crippen MR) is 75.9 cm³/mol. The molecule has 1 aromatic carbocycles. The first-order chi connectivity index (χ1) is 10.8. The summed E-state index contributed by atoms with van der Waals surface area (Å²) < 4.78 is 47.8. The van der Waals surface area contributed by atoms with Crippen molar-refractivity contribution < 1.29 is 27.4 Å². The molecule has 2 aromatic rings. The van der Waals surface area contributed by atoms with Crippen molar-refractivity contribution in [2.24, 2.45) is 7.05 Å². The summed E-state index contributed by atoms with van der Waals surface area (Å²) in [6, 6.07) is 5.64. The number of hydrogen-bond acceptors (Lipinski definition) is 4. The largest absolute Gasteiger partial charge is 0.480 e. The standard InChI is InChI=1S/C15H13F3N2O3/c1-20-9-11(8-19-20)6-7-14(21)23-13-5-3-2-4-12(13)22-10-15(16,17)18/h2-9H,10H2,1H3. The lowest BCUT2D eigenvalue weighted by Crippen LogP contribution is -2.19. The van der Waals surface area contributed by atoms with Gasteiger partial charge in [0.25, 0.3) is 0 Å². The summed E-state index contributed by atoms with van der Waals surface area (Å²) in [6.45, 7) is -1.47. The van der Waals surface area contributed by atoms with Crippen molar-refractivity contribution in [2.45, 2.75) is 6.18 Å². The van der Waals surface area contributed by atoms with Gasteiger partial charge >= 0.3 is 12.1 Å². The van der Waals surface area contributed by atoms with E-state index in [0.29, 0.717) is 5.56 Å². The predicted octanol–water partition coefficient (Wildman–Crippen LogP) is 2.98. The fourth-order valence-electron chi connectivity index (χ4n) is 1.65. The number of ether oxygens (including phenoxy) is 2. The number of para-hydroxylation sites is 2. The van der Waals surface area contributed by atoms with E-state index in [-0.39, 0.29) is 11.5 Å². The van der Waals surface area contributed by atoms with Gasteiger partial charge in [-0.05, 0) is 18.2 Å². The van der Waals surface area contributed by atoms with Crippen molar-refractivity contribution in [3.05, 3.63) is 48.3 Å². The van der Waals surface area contributed by atoms with Crippen molar-refractivity contribution >= 4 is 12.0 Å². The third kappa shape index (κ3) is 5.50. The highest BCUT2D eigenvalue weighted by atomic mass is 19.4. The molecule has 0 aliphatic rings. The molecule has 5 nitrogen and oxygen atoms in total. The lowest BCUT2D eigenvalue weighted by molar-refractivity contribution is -0.153. The molecule has 1 heterocycles. The Morgan fingerprint density at radius 3 is 2.61 bits per heavy atom. The monoisotopic (exact) mass is 326 g/mol. The minimum absolute atomic E-state index is 0.0856. The molecule has 0 aliphatic heterocycles. The first kappa shape index (κ1) is 16.6. The van der Waals surface area contributed by atoms with Crippen LogP contribution >= 0.6 is 0 Å². The molecule has 23 heavy (non-hydrogen) atoms. The number of aryl methyl sites for hydroxylation is 1. The molecular weight excluding hydrogens is 313 g/mol. The quantitative estimate of drug-likeness (QED) is 0.481. The molecule has 8 heteroatoms. The number of carbonyl (C=O) groups excluding carboxylic acids is 1. The number of hydrogen-bond donors (Lipinski definition) is 0. The molecule has 0 fully saturated rings. The van der Waals surface area contributed by atoms with Gasteiger partial charge in [0.1, 0.15) is 0 Å². The van der Waals surface area contributed by atoms with Crippen LogP contribution in [0.3, 0.4) is 0 Å². The van der Waals surface area contributed by atoms with Crippen molar-refractivity contribution in [1.82, 2.24) is 9.78 Å². The molecule has 0 spiro atoms. The van der Waals surface area contributed by atoms with Gasteiger partial charge in [0.2, 0.25) is 0 Å². The minimum atomic E-state index is -4.47. The van der Waals surface area contributed by atoms with Crippen LogP contribution in [0.15, 0.2) is 42.7 Å². The average molecular weight is 326 g/mol. The molecule has 0 N–H and O–H groups in total. The summed E-state index contributed by atoms with van der Waals surface area (Å²) in [7, 11) is 1.73. The summed E-state index contributed by atoms with van der Waals surface area (Å²) in [5.74, 6) is -0.984. The van der Waals surface area contributed by atoms with Gasteiger partial charge in [0.15, 0.2) is 18.1 Å². The van der Waals surface area contributed by atoms with E-state index in [0.717, 1.165) is 6.08 Å². The molecule has 1 aromatic heterocycles. The van der Waals surface area contributed by atoms with Crippen LogP contribution in [0.1, 0.15) is 5.56 Å². The molecule has 0 amide bonds. The molecule has 2 rings (SSSR count). The Labute approximate surface area is 129 Å². The van der Waals surface area contributed by atoms with Gasteiger partial charge in [0.05, 0.1) is 6.20 Å². The Morgan fingerprint density at radius 1 is 1.30 bits per heavy atom. The van der Waals surface area contributed by atoms with Crippen LogP contribution in [-0.4, -0.2) is 28.5 Å². The molecular formula is C15H13F3N2O3. The smallest absolute Gasteiger partial charge is 0.422 e. The van der Waals surface area contributed by atoms with E-state index in [4.69, 9.17) is 4.74 Å². The fraction of sp³-hybridized carbons (Fsp3) is 0.200. The summed E-state index contributed by atoms with van der Waals surface area (Å²) in [6.07, 6.45) is 1.39. The van der Waals surface area contributed by atoms with E-state index in [1.54, 1.807) is 24.1 Å². The topological polar surface area (TPSA) is 53.4 Å². The SMILES string of the molecule is Cn1cc(C=CC(=O)Oc2ccccc2OCC(F)(F)F)cn1. The second-order valence-electron chi connectivity index (χ2n) is 4.55. The number of nitrogens with zero attached hydrogens (tertiary/aromatic N) is 2. The summed E-state index contributed by atoms with van der Waals surface area (Å²) in [5, 5.41) is 3.93. The zero-order chi connectivity index (χ0) is 16.9. The van der Waals surface area contributed by atoms with Gasteiger partial charge in [-0.15, -0.1) is 0 Å². The van der Waals surface area contributed by atoms with Crippen LogP contribution in [0.5, 0.6) is 11.5 Å². The molecule has 0 radical (unpaired) electrons. The van der Waals surface area contributed by atoms with Crippen molar-refractivity contribution in [3.8, 4) is 11.5 Å². The highest BCUT2D eigenvalue weighted by Gasteiger charge is 2.29. The lowest BCUT2D eigenvalue weighted by atomic mass is 10.3. The van der Waals surface area contributed by atoms with Gasteiger partial charge in [-0.2, -0.15) is 18.3 Å². The third-order valence-electron chi connectivity index (χ3n) is 2.59. The zero-order valence-corrected chi connectivity index (χ0v) is 12.1. The average Bonchev–Trinajstić information content (AvgIpc) is 2.89. The van der Waals surface area contributed by atoms with Crippen molar-refractivity contribution in [2.75, 3.05) is 6.61 Å². The third-order valence-corrected chi connectivity index (χ3v) is 2.59. The van der Waals surface area contributed by atoms with Gasteiger partial charge < -0.3 is 9.47 Å². The Kier molecular flexibility index (Phi) is 5.05. The van der Waals surface area contributed by atoms with E-state index in [1.165, 1.54) is 30.3 Å². The van der Waals surface area contributed by atoms with E-state index in [9.17, 15) is 18.0 Å². The summed E-state index contributed by atoms with van der Waals surface area (Å²) in [4.78, 5) is 11.7. The molecule has 122 valence electrons. The van der Waals surface area contributed by atoms with Crippen LogP contribution < -0.4 is 9.47 Å². The Hall–Kier alpha value is -2.77. The lowest BCUT2D eigenvalue weighted by Gasteiger charge is -2.12. The maximum atomic E-state index is 12.2. The molecule has 0 aliphatic carbocycles.